The average molecular weight is 354 g/mol. The van der Waals surface area contributed by atoms with Crippen LogP contribution in [0.1, 0.15) is 48.6 Å². The predicted molar refractivity (Wildman–Crippen MR) is 97.3 cm³/mol. The fraction of sp³-hybridized carbons (Fsp3) is 0.579. The van der Waals surface area contributed by atoms with Crippen LogP contribution in [-0.4, -0.2) is 43.6 Å². The van der Waals surface area contributed by atoms with E-state index < -0.39 is 0 Å². The number of rotatable bonds is 4. The van der Waals surface area contributed by atoms with Crippen LogP contribution in [0.2, 0.25) is 0 Å². The molecule has 2 aromatic heterocycles. The number of amides is 1. The van der Waals surface area contributed by atoms with Gasteiger partial charge in [0.1, 0.15) is 5.82 Å². The summed E-state index contributed by atoms with van der Waals surface area (Å²) in [7, 11) is 0. The molecule has 0 aromatic carbocycles. The lowest BCUT2D eigenvalue weighted by atomic mass is 10.0. The zero-order chi connectivity index (χ0) is 18.1. The van der Waals surface area contributed by atoms with Gasteiger partial charge in [-0.1, -0.05) is 6.92 Å². The highest BCUT2D eigenvalue weighted by molar-refractivity contribution is 5.78. The van der Waals surface area contributed by atoms with E-state index in [4.69, 9.17) is 4.98 Å². The lowest BCUT2D eigenvalue weighted by Crippen LogP contribution is -2.40. The second-order valence-corrected chi connectivity index (χ2v) is 7.44. The molecule has 1 fully saturated rings. The molecule has 2 aromatic rings. The normalized spacial score (nSPS) is 20.8. The van der Waals surface area contributed by atoms with Gasteiger partial charge in [0, 0.05) is 37.5 Å². The number of nitrogens with one attached hydrogen (secondary N) is 1. The van der Waals surface area contributed by atoms with E-state index in [9.17, 15) is 4.79 Å². The first-order valence-corrected chi connectivity index (χ1v) is 9.47. The summed E-state index contributed by atoms with van der Waals surface area (Å²) in [5.41, 5.74) is 3.15. The van der Waals surface area contributed by atoms with Crippen LogP contribution in [0.5, 0.6) is 0 Å². The molecule has 0 bridgehead atoms. The molecule has 1 N–H and O–H groups in total. The molecule has 0 unspecified atom stereocenters. The van der Waals surface area contributed by atoms with Crippen LogP contribution in [0.4, 0.5) is 0 Å². The molecule has 0 radical (unpaired) electrons. The van der Waals surface area contributed by atoms with E-state index in [1.807, 2.05) is 41.9 Å². The number of carbonyl (C=O) groups is 1. The van der Waals surface area contributed by atoms with Gasteiger partial charge in [0.25, 0.3) is 0 Å². The van der Waals surface area contributed by atoms with Crippen LogP contribution in [0.3, 0.4) is 0 Å². The average Bonchev–Trinajstić information content (AvgIpc) is 3.32. The number of hydrogen-bond donors (Lipinski definition) is 1. The molecule has 1 saturated heterocycles. The highest BCUT2D eigenvalue weighted by Gasteiger charge is 2.27. The van der Waals surface area contributed by atoms with Crippen LogP contribution in [0.15, 0.2) is 18.5 Å². The van der Waals surface area contributed by atoms with E-state index in [0.717, 1.165) is 48.7 Å². The van der Waals surface area contributed by atoms with Gasteiger partial charge in [0.2, 0.25) is 5.91 Å². The molecule has 138 valence electrons. The molecule has 0 saturated carbocycles. The van der Waals surface area contributed by atoms with Crippen LogP contribution in [-0.2, 0) is 24.3 Å². The summed E-state index contributed by atoms with van der Waals surface area (Å²) in [4.78, 5) is 24.1. The summed E-state index contributed by atoms with van der Waals surface area (Å²) in [5, 5.41) is 7.83. The van der Waals surface area contributed by atoms with E-state index in [-0.39, 0.29) is 17.9 Å². The molecule has 2 aliphatic heterocycles. The second-order valence-electron chi connectivity index (χ2n) is 7.44. The van der Waals surface area contributed by atoms with E-state index >= 15 is 0 Å². The highest BCUT2D eigenvalue weighted by Crippen LogP contribution is 2.23. The van der Waals surface area contributed by atoms with Crippen molar-refractivity contribution in [1.29, 1.82) is 0 Å². The Balaban J connectivity index is 1.41. The minimum Gasteiger partial charge on any atom is -0.338 e. The predicted octanol–water partition coefficient (Wildman–Crippen LogP) is 1.63. The first kappa shape index (κ1) is 17.1. The standard InChI is InChI=1S/C19H26N6O/c1-13(11-25-9-5-14(2)23-25)19(26)24-8-6-16-15(12-24)10-21-18(22-16)17-4-3-7-20-17/h5,9-10,13,17,20H,3-4,6-8,11-12H2,1-2H3/t13-,17-/m1/s1. The Kier molecular flexibility index (Phi) is 4.72. The maximum Gasteiger partial charge on any atom is 0.227 e. The number of carbonyl (C=O) groups excluding carboxylic acids is 1. The van der Waals surface area contributed by atoms with Gasteiger partial charge in [-0.2, -0.15) is 5.10 Å². The van der Waals surface area contributed by atoms with Crippen molar-refractivity contribution in [3.05, 3.63) is 41.2 Å². The van der Waals surface area contributed by atoms with Gasteiger partial charge in [-0.3, -0.25) is 9.48 Å². The van der Waals surface area contributed by atoms with E-state index in [0.29, 0.717) is 13.1 Å². The van der Waals surface area contributed by atoms with Gasteiger partial charge in [0.05, 0.1) is 29.9 Å². The Morgan fingerprint density at radius 1 is 1.46 bits per heavy atom. The first-order chi connectivity index (χ1) is 12.6. The Morgan fingerprint density at radius 2 is 2.35 bits per heavy atom. The third-order valence-corrected chi connectivity index (χ3v) is 5.29. The fourth-order valence-electron chi connectivity index (χ4n) is 3.83. The fourth-order valence-corrected chi connectivity index (χ4v) is 3.83. The monoisotopic (exact) mass is 354 g/mol. The summed E-state index contributed by atoms with van der Waals surface area (Å²) in [6.45, 7) is 6.91. The maximum absolute atomic E-state index is 12.8. The number of hydrogen-bond acceptors (Lipinski definition) is 5. The molecule has 7 nitrogen and oxygen atoms in total. The van der Waals surface area contributed by atoms with E-state index in [2.05, 4.69) is 15.4 Å². The molecule has 1 amide bonds. The minimum absolute atomic E-state index is 0.0984. The third-order valence-electron chi connectivity index (χ3n) is 5.29. The highest BCUT2D eigenvalue weighted by atomic mass is 16.2. The summed E-state index contributed by atoms with van der Waals surface area (Å²) < 4.78 is 1.85. The minimum atomic E-state index is -0.0984. The lowest BCUT2D eigenvalue weighted by molar-refractivity contribution is -0.136. The van der Waals surface area contributed by atoms with Gasteiger partial charge in [-0.05, 0) is 32.4 Å². The molecule has 0 spiro atoms. The smallest absolute Gasteiger partial charge is 0.227 e. The van der Waals surface area contributed by atoms with Crippen LogP contribution in [0, 0.1) is 12.8 Å². The van der Waals surface area contributed by atoms with Crippen molar-refractivity contribution in [2.75, 3.05) is 13.1 Å². The van der Waals surface area contributed by atoms with Crippen LogP contribution in [0.25, 0.3) is 0 Å². The Morgan fingerprint density at radius 3 is 3.08 bits per heavy atom. The third kappa shape index (κ3) is 3.49. The number of aryl methyl sites for hydroxylation is 1. The summed E-state index contributed by atoms with van der Waals surface area (Å²) in [5.74, 6) is 0.979. The molecule has 4 rings (SSSR count). The Hall–Kier alpha value is -2.28. The lowest BCUT2D eigenvalue weighted by Gasteiger charge is -2.30. The van der Waals surface area contributed by atoms with Gasteiger partial charge in [-0.15, -0.1) is 0 Å². The molecule has 0 aliphatic carbocycles. The SMILES string of the molecule is Cc1ccn(C[C@@H](C)C(=O)N2CCc3nc([C@H]4CCCN4)ncc3C2)n1. The van der Waals surface area contributed by atoms with Gasteiger partial charge in [-0.25, -0.2) is 9.97 Å². The van der Waals surface area contributed by atoms with E-state index in [1.54, 1.807) is 0 Å². The first-order valence-electron chi connectivity index (χ1n) is 9.47. The number of nitrogens with zero attached hydrogens (tertiary/aromatic N) is 5. The van der Waals surface area contributed by atoms with Gasteiger partial charge >= 0.3 is 0 Å². The number of aromatic nitrogens is 4. The summed E-state index contributed by atoms with van der Waals surface area (Å²) in [6.07, 6.45) is 6.93. The van der Waals surface area contributed by atoms with Crippen molar-refractivity contribution in [2.45, 2.75) is 52.2 Å². The molecule has 7 heteroatoms. The quantitative estimate of drug-likeness (QED) is 0.903. The molecular formula is C19H26N6O. The van der Waals surface area contributed by atoms with Crippen molar-refractivity contribution >= 4 is 5.91 Å². The topological polar surface area (TPSA) is 75.9 Å². The largest absolute Gasteiger partial charge is 0.338 e. The maximum atomic E-state index is 12.8. The van der Waals surface area contributed by atoms with Crippen molar-refractivity contribution in [3.8, 4) is 0 Å². The molecule has 26 heavy (non-hydrogen) atoms. The zero-order valence-electron chi connectivity index (χ0n) is 15.5. The van der Waals surface area contributed by atoms with Crippen molar-refractivity contribution in [2.24, 2.45) is 5.92 Å². The summed E-state index contributed by atoms with van der Waals surface area (Å²) in [6, 6.07) is 2.25. The summed E-state index contributed by atoms with van der Waals surface area (Å²) >= 11 is 0. The zero-order valence-corrected chi connectivity index (χ0v) is 15.5. The number of fused-ring (bicyclic) bond motifs is 1. The molecule has 2 atom stereocenters. The molecule has 4 heterocycles. The van der Waals surface area contributed by atoms with Crippen molar-refractivity contribution in [3.63, 3.8) is 0 Å². The van der Waals surface area contributed by atoms with E-state index in [1.165, 1.54) is 6.42 Å². The van der Waals surface area contributed by atoms with Crippen LogP contribution >= 0.6 is 0 Å². The molecular weight excluding hydrogens is 328 g/mol. The molecule has 2 aliphatic rings. The van der Waals surface area contributed by atoms with Gasteiger partial charge < -0.3 is 10.2 Å². The van der Waals surface area contributed by atoms with Crippen LogP contribution < -0.4 is 5.32 Å². The van der Waals surface area contributed by atoms with Crippen molar-refractivity contribution in [1.82, 2.24) is 30.0 Å². The Bertz CT molecular complexity index is 795. The Labute approximate surface area is 153 Å². The second kappa shape index (κ2) is 7.15. The van der Waals surface area contributed by atoms with Crippen molar-refractivity contribution < 1.29 is 4.79 Å². The van der Waals surface area contributed by atoms with Gasteiger partial charge in [0.15, 0.2) is 0 Å².